The third-order valence-corrected chi connectivity index (χ3v) is 8.18. The highest BCUT2D eigenvalue weighted by molar-refractivity contribution is 7.90. The predicted molar refractivity (Wildman–Crippen MR) is 77.4 cm³/mol. The Kier molecular flexibility index (Phi) is 2.87. The van der Waals surface area contributed by atoms with Gasteiger partial charge in [-0.1, -0.05) is 27.7 Å². The van der Waals surface area contributed by atoms with Gasteiger partial charge < -0.3 is 0 Å². The molecule has 20 heavy (non-hydrogen) atoms. The fourth-order valence-corrected chi connectivity index (χ4v) is 7.62. The van der Waals surface area contributed by atoms with Crippen molar-refractivity contribution in [2.75, 3.05) is 5.75 Å². The van der Waals surface area contributed by atoms with Crippen LogP contribution in [0, 0.1) is 22.7 Å². The molecule has 0 radical (unpaired) electrons. The summed E-state index contributed by atoms with van der Waals surface area (Å²) in [5, 5.41) is 0. The predicted octanol–water partition coefficient (Wildman–Crippen LogP) is 2.40. The Hall–Kier alpha value is -0.580. The summed E-state index contributed by atoms with van der Waals surface area (Å²) >= 11 is 0. The number of rotatable bonds is 2. The van der Waals surface area contributed by atoms with Gasteiger partial charge in [0.25, 0.3) is 0 Å². The van der Waals surface area contributed by atoms with Crippen molar-refractivity contribution < 1.29 is 13.2 Å². The van der Waals surface area contributed by atoms with Gasteiger partial charge >= 0.3 is 0 Å². The van der Waals surface area contributed by atoms with Crippen molar-refractivity contribution in [2.45, 2.75) is 59.4 Å². The molecule has 3 fully saturated rings. The lowest BCUT2D eigenvalue weighted by molar-refractivity contribution is -0.129. The molecule has 1 spiro atoms. The van der Waals surface area contributed by atoms with Crippen molar-refractivity contribution in [2.24, 2.45) is 22.7 Å². The molecule has 3 atom stereocenters. The van der Waals surface area contributed by atoms with Crippen LogP contribution in [0.1, 0.15) is 53.4 Å². The largest absolute Gasteiger partial charge is 0.274 e. The van der Waals surface area contributed by atoms with Gasteiger partial charge in [-0.05, 0) is 36.5 Å². The average molecular weight is 299 g/mol. The molecule has 0 aromatic heterocycles. The minimum Gasteiger partial charge on any atom is -0.274 e. The van der Waals surface area contributed by atoms with Crippen LogP contribution in [-0.2, 0) is 14.8 Å². The molecule has 2 aliphatic carbocycles. The summed E-state index contributed by atoms with van der Waals surface area (Å²) in [6.45, 7) is 8.33. The molecule has 3 rings (SSSR count). The van der Waals surface area contributed by atoms with Gasteiger partial charge in [-0.25, -0.2) is 12.7 Å². The van der Waals surface area contributed by atoms with E-state index >= 15 is 0 Å². The Labute approximate surface area is 122 Å². The van der Waals surface area contributed by atoms with E-state index in [2.05, 4.69) is 13.8 Å². The molecule has 0 aromatic rings. The molecule has 1 heterocycles. The Morgan fingerprint density at radius 3 is 2.55 bits per heavy atom. The summed E-state index contributed by atoms with van der Waals surface area (Å²) in [5.41, 5.74) is -0.152. The highest BCUT2D eigenvalue weighted by Gasteiger charge is 2.72. The summed E-state index contributed by atoms with van der Waals surface area (Å²) in [4.78, 5) is 12.4. The van der Waals surface area contributed by atoms with E-state index < -0.39 is 10.0 Å². The van der Waals surface area contributed by atoms with Crippen LogP contribution in [0.5, 0.6) is 0 Å². The summed E-state index contributed by atoms with van der Waals surface area (Å²) in [7, 11) is -3.42. The molecule has 4 nitrogen and oxygen atoms in total. The second kappa shape index (κ2) is 3.99. The lowest BCUT2D eigenvalue weighted by Gasteiger charge is -2.37. The third kappa shape index (κ3) is 1.59. The van der Waals surface area contributed by atoms with Crippen molar-refractivity contribution in [1.82, 2.24) is 4.31 Å². The topological polar surface area (TPSA) is 54.5 Å². The molecule has 1 saturated heterocycles. The molecule has 114 valence electrons. The van der Waals surface area contributed by atoms with Crippen molar-refractivity contribution in [3.63, 3.8) is 0 Å². The molecular formula is C15H25NO3S. The number of hydrogen-bond acceptors (Lipinski definition) is 3. The minimum absolute atomic E-state index is 0.0393. The number of carbonyl (C=O) groups excluding carboxylic acids is 1. The van der Waals surface area contributed by atoms with Gasteiger partial charge in [0.15, 0.2) is 0 Å². The normalized spacial score (nSPS) is 40.4. The molecule has 0 aromatic carbocycles. The van der Waals surface area contributed by atoms with Crippen molar-refractivity contribution in [3.8, 4) is 0 Å². The summed E-state index contributed by atoms with van der Waals surface area (Å²) < 4.78 is 26.4. The van der Waals surface area contributed by atoms with Crippen molar-refractivity contribution >= 4 is 15.9 Å². The van der Waals surface area contributed by atoms with Gasteiger partial charge in [0.2, 0.25) is 15.9 Å². The standard InChI is InChI=1S/C15H25NO3S/c1-10(2)7-13(17)16-12-8-11-5-6-15(12,14(11,3)4)9-20(16,18)19/h10-12H,5-9H2,1-4H3/t11-,12-,15+/m1/s1. The summed E-state index contributed by atoms with van der Waals surface area (Å²) in [5.74, 6) is 0.751. The maximum atomic E-state index is 12.6. The van der Waals surface area contributed by atoms with Gasteiger partial charge in [0.1, 0.15) is 0 Å². The minimum atomic E-state index is -3.42. The molecule has 2 saturated carbocycles. The highest BCUT2D eigenvalue weighted by Crippen LogP contribution is 2.70. The Morgan fingerprint density at radius 2 is 2.00 bits per heavy atom. The molecule has 1 amide bonds. The van der Waals surface area contributed by atoms with Crippen LogP contribution in [0.25, 0.3) is 0 Å². The van der Waals surface area contributed by atoms with Crippen LogP contribution in [0.2, 0.25) is 0 Å². The maximum absolute atomic E-state index is 12.6. The first-order valence-electron chi connectivity index (χ1n) is 7.67. The van der Waals surface area contributed by atoms with E-state index in [1.807, 2.05) is 13.8 Å². The molecule has 3 aliphatic rings. The SMILES string of the molecule is CC(C)CC(=O)N1[C@@H]2C[C@H]3CC[C@@]2(CS1(=O)=O)C3(C)C. The van der Waals surface area contributed by atoms with E-state index in [1.165, 1.54) is 4.31 Å². The Balaban J connectivity index is 2.00. The molecule has 5 heteroatoms. The quantitative estimate of drug-likeness (QED) is 0.787. The monoisotopic (exact) mass is 299 g/mol. The van der Waals surface area contributed by atoms with Gasteiger partial charge in [-0.3, -0.25) is 4.79 Å². The number of nitrogens with zero attached hydrogens (tertiary/aromatic N) is 1. The fraction of sp³-hybridized carbons (Fsp3) is 0.933. The third-order valence-electron chi connectivity index (χ3n) is 6.24. The second-order valence-corrected chi connectivity index (χ2v) is 9.75. The van der Waals surface area contributed by atoms with Crippen LogP contribution in [0.4, 0.5) is 0 Å². The first-order chi connectivity index (χ1) is 9.12. The molecule has 0 unspecified atom stereocenters. The number of amides is 1. The Bertz CT molecular complexity index is 551. The zero-order valence-corrected chi connectivity index (χ0v) is 13.7. The van der Waals surface area contributed by atoms with E-state index in [1.54, 1.807) is 0 Å². The lowest BCUT2D eigenvalue weighted by Crippen LogP contribution is -2.44. The van der Waals surface area contributed by atoms with Gasteiger partial charge in [0.05, 0.1) is 11.8 Å². The zero-order chi connectivity index (χ0) is 14.9. The Morgan fingerprint density at radius 1 is 1.35 bits per heavy atom. The molecule has 0 N–H and O–H groups in total. The van der Waals surface area contributed by atoms with Gasteiger partial charge in [-0.15, -0.1) is 0 Å². The van der Waals surface area contributed by atoms with Gasteiger partial charge in [-0.2, -0.15) is 0 Å². The van der Waals surface area contributed by atoms with Crippen LogP contribution in [-0.4, -0.2) is 30.4 Å². The molecular weight excluding hydrogens is 274 g/mol. The first-order valence-corrected chi connectivity index (χ1v) is 9.28. The van der Waals surface area contributed by atoms with E-state index in [0.29, 0.717) is 12.3 Å². The summed E-state index contributed by atoms with van der Waals surface area (Å²) in [6, 6.07) is -0.0764. The van der Waals surface area contributed by atoms with E-state index in [4.69, 9.17) is 0 Å². The summed E-state index contributed by atoms with van der Waals surface area (Å²) in [6.07, 6.45) is 3.28. The fourth-order valence-electron chi connectivity index (χ4n) is 5.06. The van der Waals surface area contributed by atoms with Crippen LogP contribution < -0.4 is 0 Å². The second-order valence-electron chi connectivity index (χ2n) is 7.91. The lowest BCUT2D eigenvalue weighted by atomic mass is 9.69. The number of sulfonamides is 1. The van der Waals surface area contributed by atoms with E-state index in [-0.39, 0.29) is 34.4 Å². The van der Waals surface area contributed by atoms with E-state index in [0.717, 1.165) is 19.3 Å². The van der Waals surface area contributed by atoms with Crippen molar-refractivity contribution in [1.29, 1.82) is 0 Å². The van der Waals surface area contributed by atoms with Crippen LogP contribution >= 0.6 is 0 Å². The molecule has 1 aliphatic heterocycles. The number of hydrogen-bond donors (Lipinski definition) is 0. The van der Waals surface area contributed by atoms with E-state index in [9.17, 15) is 13.2 Å². The highest BCUT2D eigenvalue weighted by atomic mass is 32.2. The maximum Gasteiger partial charge on any atom is 0.238 e. The van der Waals surface area contributed by atoms with Crippen LogP contribution in [0.15, 0.2) is 0 Å². The number of fused-ring (bicyclic) bond motifs is 1. The average Bonchev–Trinajstić information content (AvgIpc) is 2.73. The van der Waals surface area contributed by atoms with Crippen LogP contribution in [0.3, 0.4) is 0 Å². The number of carbonyl (C=O) groups is 1. The molecule has 2 bridgehead atoms. The first kappa shape index (κ1) is 14.4. The zero-order valence-electron chi connectivity index (χ0n) is 12.8. The smallest absolute Gasteiger partial charge is 0.238 e. The van der Waals surface area contributed by atoms with Gasteiger partial charge in [0, 0.05) is 11.8 Å². The van der Waals surface area contributed by atoms with Crippen molar-refractivity contribution in [3.05, 3.63) is 0 Å².